The van der Waals surface area contributed by atoms with Crippen molar-refractivity contribution < 1.29 is 9.18 Å². The van der Waals surface area contributed by atoms with Gasteiger partial charge in [-0.15, -0.1) is 0 Å². The molecule has 1 aliphatic rings. The molecular formula is C11H12FNO. The Morgan fingerprint density at radius 1 is 1.50 bits per heavy atom. The molecule has 2 rings (SSSR count). The summed E-state index contributed by atoms with van der Waals surface area (Å²) in [5.74, 6) is -0.428. The van der Waals surface area contributed by atoms with Gasteiger partial charge >= 0.3 is 0 Å². The molecule has 1 amide bonds. The lowest BCUT2D eigenvalue weighted by Gasteiger charge is -2.24. The van der Waals surface area contributed by atoms with E-state index in [0.29, 0.717) is 17.5 Å². The maximum atomic E-state index is 13.4. The van der Waals surface area contributed by atoms with Crippen molar-refractivity contribution in [2.45, 2.75) is 26.3 Å². The number of rotatable bonds is 0. The van der Waals surface area contributed by atoms with Crippen molar-refractivity contribution in [1.82, 2.24) is 5.32 Å². The standard InChI is InChI=1S/C11H12FNO/c1-6-3-4-9(12)8-5-7(2)13-11(14)10(6)8/h3-4,7H,5H2,1-2H3,(H,13,14). The fourth-order valence-electron chi connectivity index (χ4n) is 1.91. The lowest BCUT2D eigenvalue weighted by molar-refractivity contribution is 0.0927. The van der Waals surface area contributed by atoms with Crippen molar-refractivity contribution in [3.05, 3.63) is 34.6 Å². The highest BCUT2D eigenvalue weighted by atomic mass is 19.1. The van der Waals surface area contributed by atoms with Gasteiger partial charge in [-0.3, -0.25) is 4.79 Å². The molecule has 0 saturated heterocycles. The Balaban J connectivity index is 2.63. The van der Waals surface area contributed by atoms with E-state index in [1.165, 1.54) is 6.07 Å². The summed E-state index contributed by atoms with van der Waals surface area (Å²) in [6, 6.07) is 3.09. The maximum absolute atomic E-state index is 13.4. The first-order valence-electron chi connectivity index (χ1n) is 4.68. The van der Waals surface area contributed by atoms with Gasteiger partial charge in [-0.25, -0.2) is 4.39 Å². The number of aryl methyl sites for hydroxylation is 1. The van der Waals surface area contributed by atoms with Crippen molar-refractivity contribution >= 4 is 5.91 Å². The minimum atomic E-state index is -0.271. The zero-order chi connectivity index (χ0) is 10.3. The molecule has 1 N–H and O–H groups in total. The van der Waals surface area contributed by atoms with Crippen LogP contribution in [-0.2, 0) is 6.42 Å². The first-order valence-corrected chi connectivity index (χ1v) is 4.68. The number of hydrogen-bond donors (Lipinski definition) is 1. The van der Waals surface area contributed by atoms with Crippen LogP contribution in [0.1, 0.15) is 28.4 Å². The molecule has 1 aromatic carbocycles. The molecule has 0 saturated carbocycles. The Labute approximate surface area is 82.1 Å². The van der Waals surface area contributed by atoms with E-state index in [4.69, 9.17) is 0 Å². The predicted octanol–water partition coefficient (Wildman–Crippen LogP) is 1.81. The Morgan fingerprint density at radius 2 is 2.21 bits per heavy atom. The predicted molar refractivity (Wildman–Crippen MR) is 51.8 cm³/mol. The van der Waals surface area contributed by atoms with Gasteiger partial charge in [-0.1, -0.05) is 6.07 Å². The van der Waals surface area contributed by atoms with Crippen LogP contribution in [0.25, 0.3) is 0 Å². The second-order valence-electron chi connectivity index (χ2n) is 3.80. The monoisotopic (exact) mass is 193 g/mol. The summed E-state index contributed by atoms with van der Waals surface area (Å²) in [7, 11) is 0. The van der Waals surface area contributed by atoms with E-state index in [2.05, 4.69) is 5.32 Å². The summed E-state index contributed by atoms with van der Waals surface area (Å²) in [5, 5.41) is 2.80. The van der Waals surface area contributed by atoms with E-state index in [0.717, 1.165) is 5.56 Å². The van der Waals surface area contributed by atoms with Gasteiger partial charge in [0.25, 0.3) is 5.91 Å². The van der Waals surface area contributed by atoms with E-state index in [1.807, 2.05) is 13.8 Å². The third-order valence-corrected chi connectivity index (χ3v) is 2.58. The second-order valence-corrected chi connectivity index (χ2v) is 3.80. The Bertz CT molecular complexity index is 401. The minimum Gasteiger partial charge on any atom is -0.349 e. The number of carbonyl (C=O) groups is 1. The quantitative estimate of drug-likeness (QED) is 0.669. The number of amides is 1. The van der Waals surface area contributed by atoms with Gasteiger partial charge in [0.15, 0.2) is 0 Å². The fraction of sp³-hybridized carbons (Fsp3) is 0.364. The molecule has 3 heteroatoms. The largest absolute Gasteiger partial charge is 0.349 e. The third kappa shape index (κ3) is 1.29. The zero-order valence-electron chi connectivity index (χ0n) is 8.23. The lowest BCUT2D eigenvalue weighted by Crippen LogP contribution is -2.40. The highest BCUT2D eigenvalue weighted by Gasteiger charge is 2.25. The molecule has 0 spiro atoms. The highest BCUT2D eigenvalue weighted by molar-refractivity contribution is 5.98. The van der Waals surface area contributed by atoms with Crippen LogP contribution in [-0.4, -0.2) is 11.9 Å². The average molecular weight is 193 g/mol. The first-order chi connectivity index (χ1) is 6.59. The number of benzene rings is 1. The Kier molecular flexibility index (Phi) is 2.02. The molecule has 1 aliphatic heterocycles. The summed E-state index contributed by atoms with van der Waals surface area (Å²) in [6.45, 7) is 3.70. The van der Waals surface area contributed by atoms with Crippen LogP contribution < -0.4 is 5.32 Å². The molecular weight excluding hydrogens is 181 g/mol. The van der Waals surface area contributed by atoms with Gasteiger partial charge < -0.3 is 5.32 Å². The highest BCUT2D eigenvalue weighted by Crippen LogP contribution is 2.22. The summed E-state index contributed by atoms with van der Waals surface area (Å²) in [6.07, 6.45) is 0.578. The number of nitrogens with one attached hydrogen (secondary N) is 1. The molecule has 0 aromatic heterocycles. The molecule has 0 aliphatic carbocycles. The number of halogens is 1. The first kappa shape index (κ1) is 9.19. The summed E-state index contributed by atoms with van der Waals surface area (Å²) in [5.41, 5.74) is 1.91. The minimum absolute atomic E-state index is 0.0197. The van der Waals surface area contributed by atoms with Crippen LogP contribution in [0.15, 0.2) is 12.1 Å². The van der Waals surface area contributed by atoms with Crippen molar-refractivity contribution in [3.8, 4) is 0 Å². The molecule has 0 radical (unpaired) electrons. The van der Waals surface area contributed by atoms with Crippen LogP contribution in [0, 0.1) is 12.7 Å². The summed E-state index contributed by atoms with van der Waals surface area (Å²) >= 11 is 0. The van der Waals surface area contributed by atoms with Crippen molar-refractivity contribution in [2.24, 2.45) is 0 Å². The van der Waals surface area contributed by atoms with Crippen LogP contribution in [0.2, 0.25) is 0 Å². The molecule has 1 atom stereocenters. The van der Waals surface area contributed by atoms with Crippen LogP contribution in [0.3, 0.4) is 0 Å². The Morgan fingerprint density at radius 3 is 2.93 bits per heavy atom. The molecule has 74 valence electrons. The topological polar surface area (TPSA) is 29.1 Å². The average Bonchev–Trinajstić information content (AvgIpc) is 2.10. The summed E-state index contributed by atoms with van der Waals surface area (Å²) in [4.78, 5) is 11.6. The van der Waals surface area contributed by atoms with Crippen molar-refractivity contribution in [3.63, 3.8) is 0 Å². The smallest absolute Gasteiger partial charge is 0.252 e. The molecule has 1 heterocycles. The molecule has 1 aromatic rings. The van der Waals surface area contributed by atoms with Crippen molar-refractivity contribution in [1.29, 1.82) is 0 Å². The van der Waals surface area contributed by atoms with E-state index in [-0.39, 0.29) is 17.8 Å². The van der Waals surface area contributed by atoms with Crippen LogP contribution in [0.4, 0.5) is 4.39 Å². The molecule has 14 heavy (non-hydrogen) atoms. The number of fused-ring (bicyclic) bond motifs is 1. The number of hydrogen-bond acceptors (Lipinski definition) is 1. The van der Waals surface area contributed by atoms with Crippen LogP contribution in [0.5, 0.6) is 0 Å². The van der Waals surface area contributed by atoms with Gasteiger partial charge in [-0.2, -0.15) is 0 Å². The van der Waals surface area contributed by atoms with E-state index in [9.17, 15) is 9.18 Å². The van der Waals surface area contributed by atoms with Gasteiger partial charge in [0, 0.05) is 17.2 Å². The fourth-order valence-corrected chi connectivity index (χ4v) is 1.91. The van der Waals surface area contributed by atoms with Crippen molar-refractivity contribution in [2.75, 3.05) is 0 Å². The normalized spacial score (nSPS) is 20.2. The maximum Gasteiger partial charge on any atom is 0.252 e. The second kappa shape index (κ2) is 3.08. The molecule has 2 nitrogen and oxygen atoms in total. The van der Waals surface area contributed by atoms with Gasteiger partial charge in [0.1, 0.15) is 5.82 Å². The molecule has 0 fully saturated rings. The summed E-state index contributed by atoms with van der Waals surface area (Å²) < 4.78 is 13.4. The van der Waals surface area contributed by atoms with E-state index >= 15 is 0 Å². The SMILES string of the molecule is Cc1ccc(F)c2c1C(=O)NC(C)C2. The van der Waals surface area contributed by atoms with E-state index in [1.54, 1.807) is 6.07 Å². The zero-order valence-corrected chi connectivity index (χ0v) is 8.23. The number of carbonyl (C=O) groups excluding carboxylic acids is 1. The van der Waals surface area contributed by atoms with Gasteiger partial charge in [0.05, 0.1) is 0 Å². The lowest BCUT2D eigenvalue weighted by atomic mass is 9.92. The molecule has 0 bridgehead atoms. The third-order valence-electron chi connectivity index (χ3n) is 2.58. The Hall–Kier alpha value is -1.38. The molecule has 1 unspecified atom stereocenters. The van der Waals surface area contributed by atoms with Crippen LogP contribution >= 0.6 is 0 Å². The van der Waals surface area contributed by atoms with Gasteiger partial charge in [0.2, 0.25) is 0 Å². The van der Waals surface area contributed by atoms with E-state index < -0.39 is 0 Å². The van der Waals surface area contributed by atoms with Gasteiger partial charge in [-0.05, 0) is 31.9 Å².